The molecule has 0 unspecified atom stereocenters. The van der Waals surface area contributed by atoms with Crippen LogP contribution in [0.2, 0.25) is 0 Å². The first-order valence-corrected chi connectivity index (χ1v) is 11.1. The maximum absolute atomic E-state index is 13.1. The predicted octanol–water partition coefficient (Wildman–Crippen LogP) is 2.22. The molecule has 1 amide bonds. The lowest BCUT2D eigenvalue weighted by Gasteiger charge is -2.22. The van der Waals surface area contributed by atoms with Gasteiger partial charge in [-0.15, -0.1) is 11.8 Å². The second kappa shape index (κ2) is 8.82. The second-order valence-corrected chi connectivity index (χ2v) is 8.80. The number of fused-ring (bicyclic) bond motifs is 1. The zero-order valence-corrected chi connectivity index (χ0v) is 16.8. The highest BCUT2D eigenvalue weighted by molar-refractivity contribution is 7.98. The van der Waals surface area contributed by atoms with Crippen LogP contribution in [-0.2, 0) is 21.4 Å². The molecule has 28 heavy (non-hydrogen) atoms. The highest BCUT2D eigenvalue weighted by atomic mass is 32.2. The van der Waals surface area contributed by atoms with Gasteiger partial charge in [-0.2, -0.15) is 4.31 Å². The molecule has 0 fully saturated rings. The topological polar surface area (TPSA) is 105 Å². The van der Waals surface area contributed by atoms with Gasteiger partial charge in [-0.05, 0) is 48.2 Å². The number of hydrogen-bond donors (Lipinski definition) is 2. The molecule has 1 heterocycles. The number of nitrogens with one attached hydrogen (secondary N) is 1. The van der Waals surface area contributed by atoms with E-state index in [1.807, 2.05) is 6.26 Å². The molecule has 10 heteroatoms. The van der Waals surface area contributed by atoms with Crippen LogP contribution in [0.1, 0.15) is 12.0 Å². The van der Waals surface area contributed by atoms with Crippen LogP contribution in [-0.4, -0.2) is 43.4 Å². The Morgan fingerprint density at radius 1 is 1.18 bits per heavy atom. The summed E-state index contributed by atoms with van der Waals surface area (Å²) in [6.45, 7) is 0.0780. The van der Waals surface area contributed by atoms with Gasteiger partial charge >= 0.3 is 0 Å². The van der Waals surface area contributed by atoms with Crippen LogP contribution < -0.4 is 15.0 Å². The second-order valence-electron chi connectivity index (χ2n) is 5.99. The fourth-order valence-electron chi connectivity index (χ4n) is 2.71. The summed E-state index contributed by atoms with van der Waals surface area (Å²) >= 11 is 1.51. The van der Waals surface area contributed by atoms with Crippen molar-refractivity contribution >= 4 is 27.7 Å². The van der Waals surface area contributed by atoms with Gasteiger partial charge in [0.1, 0.15) is 0 Å². The van der Waals surface area contributed by atoms with Crippen molar-refractivity contribution < 1.29 is 27.9 Å². The molecule has 0 saturated carbocycles. The third-order valence-electron chi connectivity index (χ3n) is 4.21. The van der Waals surface area contributed by atoms with E-state index < -0.39 is 15.9 Å². The molecular weight excluding hydrogens is 404 g/mol. The van der Waals surface area contributed by atoms with E-state index in [2.05, 4.69) is 0 Å². The summed E-state index contributed by atoms with van der Waals surface area (Å²) in [6.07, 6.45) is 1.73. The minimum atomic E-state index is -3.85. The SMILES string of the molecule is CSc1ccc(S(=O)(=O)N(CCC(=O)NO)Cc2ccc3c(c2)OCO3)cc1. The minimum absolute atomic E-state index is 0.0436. The molecule has 0 aromatic heterocycles. The molecule has 0 spiro atoms. The maximum Gasteiger partial charge on any atom is 0.244 e. The zero-order chi connectivity index (χ0) is 20.1. The number of hydroxylamine groups is 1. The van der Waals surface area contributed by atoms with Crippen LogP contribution in [0.15, 0.2) is 52.3 Å². The van der Waals surface area contributed by atoms with Crippen molar-refractivity contribution in [2.24, 2.45) is 0 Å². The minimum Gasteiger partial charge on any atom is -0.454 e. The Bertz CT molecular complexity index is 947. The quantitative estimate of drug-likeness (QED) is 0.380. The number of hydrogen-bond acceptors (Lipinski definition) is 7. The Labute approximate surface area is 167 Å². The van der Waals surface area contributed by atoms with Crippen LogP contribution in [0.3, 0.4) is 0 Å². The fourth-order valence-corrected chi connectivity index (χ4v) is 4.54. The molecule has 2 aromatic rings. The summed E-state index contributed by atoms with van der Waals surface area (Å²) in [5.41, 5.74) is 2.22. The molecule has 3 rings (SSSR count). The fraction of sp³-hybridized carbons (Fsp3) is 0.278. The van der Waals surface area contributed by atoms with Gasteiger partial charge in [0.25, 0.3) is 0 Å². The van der Waals surface area contributed by atoms with Crippen molar-refractivity contribution in [3.8, 4) is 11.5 Å². The lowest BCUT2D eigenvalue weighted by molar-refractivity contribution is -0.129. The first-order chi connectivity index (χ1) is 13.4. The van der Waals surface area contributed by atoms with Gasteiger partial charge in [0, 0.05) is 24.4 Å². The normalized spacial score (nSPS) is 13.0. The molecule has 8 nitrogen and oxygen atoms in total. The number of rotatable bonds is 8. The summed E-state index contributed by atoms with van der Waals surface area (Å²) in [6, 6.07) is 11.7. The molecule has 0 atom stereocenters. The largest absolute Gasteiger partial charge is 0.454 e. The molecule has 1 aliphatic rings. The van der Waals surface area contributed by atoms with Crippen LogP contribution in [0.5, 0.6) is 11.5 Å². The van der Waals surface area contributed by atoms with E-state index in [1.165, 1.54) is 21.5 Å². The number of amides is 1. The Kier molecular flexibility index (Phi) is 6.45. The molecular formula is C18H20N2O6S2. The Hall–Kier alpha value is -2.27. The van der Waals surface area contributed by atoms with Crippen molar-refractivity contribution in [2.75, 3.05) is 19.6 Å². The number of thioether (sulfide) groups is 1. The Balaban J connectivity index is 1.87. The number of benzene rings is 2. The number of sulfonamides is 1. The smallest absolute Gasteiger partial charge is 0.244 e. The van der Waals surface area contributed by atoms with E-state index in [4.69, 9.17) is 14.7 Å². The van der Waals surface area contributed by atoms with Crippen molar-refractivity contribution in [1.29, 1.82) is 0 Å². The van der Waals surface area contributed by atoms with Crippen molar-refractivity contribution in [3.05, 3.63) is 48.0 Å². The van der Waals surface area contributed by atoms with Crippen LogP contribution in [0, 0.1) is 0 Å². The zero-order valence-electron chi connectivity index (χ0n) is 15.1. The summed E-state index contributed by atoms with van der Waals surface area (Å²) < 4.78 is 38.1. The molecule has 0 saturated heterocycles. The number of carbonyl (C=O) groups excluding carboxylic acids is 1. The van der Waals surface area contributed by atoms with Gasteiger partial charge in [-0.3, -0.25) is 10.0 Å². The van der Waals surface area contributed by atoms with Crippen molar-refractivity contribution in [2.45, 2.75) is 22.8 Å². The van der Waals surface area contributed by atoms with E-state index in [0.717, 1.165) is 4.90 Å². The highest BCUT2D eigenvalue weighted by Gasteiger charge is 2.26. The number of ether oxygens (including phenoxy) is 2. The number of carbonyl (C=O) groups is 1. The molecule has 0 bridgehead atoms. The van der Waals surface area contributed by atoms with Crippen LogP contribution in [0.4, 0.5) is 0 Å². The predicted molar refractivity (Wildman–Crippen MR) is 103 cm³/mol. The van der Waals surface area contributed by atoms with E-state index in [0.29, 0.717) is 17.1 Å². The van der Waals surface area contributed by atoms with Crippen LogP contribution in [0.25, 0.3) is 0 Å². The van der Waals surface area contributed by atoms with Crippen molar-refractivity contribution in [3.63, 3.8) is 0 Å². The molecule has 1 aliphatic heterocycles. The third kappa shape index (κ3) is 4.58. The average Bonchev–Trinajstić information content (AvgIpc) is 3.18. The van der Waals surface area contributed by atoms with Gasteiger partial charge in [-0.1, -0.05) is 6.07 Å². The Morgan fingerprint density at radius 3 is 2.57 bits per heavy atom. The van der Waals surface area contributed by atoms with E-state index in [1.54, 1.807) is 42.5 Å². The molecule has 150 valence electrons. The van der Waals surface area contributed by atoms with Crippen LogP contribution >= 0.6 is 11.8 Å². The summed E-state index contributed by atoms with van der Waals surface area (Å²) in [5.74, 6) is 0.487. The van der Waals surface area contributed by atoms with Crippen molar-refractivity contribution in [1.82, 2.24) is 9.79 Å². The molecule has 0 aliphatic carbocycles. The number of nitrogens with zero attached hydrogens (tertiary/aromatic N) is 1. The first-order valence-electron chi connectivity index (χ1n) is 8.39. The van der Waals surface area contributed by atoms with E-state index >= 15 is 0 Å². The van der Waals surface area contributed by atoms with Gasteiger partial charge in [-0.25, -0.2) is 13.9 Å². The van der Waals surface area contributed by atoms with Gasteiger partial charge < -0.3 is 9.47 Å². The van der Waals surface area contributed by atoms with Gasteiger partial charge in [0.2, 0.25) is 22.7 Å². The molecule has 0 radical (unpaired) electrons. The molecule has 2 N–H and O–H groups in total. The Morgan fingerprint density at radius 2 is 1.89 bits per heavy atom. The lowest BCUT2D eigenvalue weighted by atomic mass is 10.2. The monoisotopic (exact) mass is 424 g/mol. The maximum atomic E-state index is 13.1. The average molecular weight is 425 g/mol. The third-order valence-corrected chi connectivity index (χ3v) is 6.81. The van der Waals surface area contributed by atoms with Gasteiger partial charge in [0.05, 0.1) is 4.90 Å². The summed E-state index contributed by atoms with van der Waals surface area (Å²) in [5, 5.41) is 8.72. The standard InChI is InChI=1S/C18H20N2O6S2/c1-27-14-3-5-15(6-4-14)28(23,24)20(9-8-18(21)19-22)11-13-2-7-16-17(10-13)26-12-25-16/h2-7,10,22H,8-9,11-12H2,1H3,(H,19,21). The highest BCUT2D eigenvalue weighted by Crippen LogP contribution is 2.33. The summed E-state index contributed by atoms with van der Waals surface area (Å²) in [4.78, 5) is 12.5. The first kappa shape index (κ1) is 20.5. The molecule has 2 aromatic carbocycles. The summed E-state index contributed by atoms with van der Waals surface area (Å²) in [7, 11) is -3.85. The van der Waals surface area contributed by atoms with E-state index in [9.17, 15) is 13.2 Å². The van der Waals surface area contributed by atoms with E-state index in [-0.39, 0.29) is 31.2 Å². The van der Waals surface area contributed by atoms with Gasteiger partial charge in [0.15, 0.2) is 11.5 Å². The lowest BCUT2D eigenvalue weighted by Crippen LogP contribution is -2.34.